The van der Waals surface area contributed by atoms with Crippen LogP contribution in [0.5, 0.6) is 5.75 Å². The molecule has 3 nitrogen and oxygen atoms in total. The summed E-state index contributed by atoms with van der Waals surface area (Å²) in [5.74, 6) is 0.211. The summed E-state index contributed by atoms with van der Waals surface area (Å²) in [6.45, 7) is 7.41. The lowest BCUT2D eigenvalue weighted by Gasteiger charge is -2.14. The summed E-state index contributed by atoms with van der Waals surface area (Å²) in [6.07, 6.45) is 28.1. The van der Waals surface area contributed by atoms with Gasteiger partial charge in [-0.1, -0.05) is 178 Å². The molecule has 0 spiro atoms. The average Bonchev–Trinajstić information content (AvgIpc) is 3.12. The molecule has 0 aliphatic rings. The lowest BCUT2D eigenvalue weighted by molar-refractivity contribution is 0.0626. The zero-order chi connectivity index (χ0) is 34.1. The first-order valence-electron chi connectivity index (χ1n) is 19.7. The molecule has 3 aromatic carbocycles. The molecule has 0 amide bonds. The molecule has 0 bridgehead atoms. The van der Waals surface area contributed by atoms with Crippen LogP contribution < -0.4 is 4.74 Å². The summed E-state index contributed by atoms with van der Waals surface area (Å²) < 4.78 is 11.8. The van der Waals surface area contributed by atoms with Gasteiger partial charge in [0.05, 0.1) is 11.7 Å². The van der Waals surface area contributed by atoms with Gasteiger partial charge in [-0.2, -0.15) is 0 Å². The standard InChI is InChI=1S/C45H66O3/c1-4-6-8-10-12-14-16-18-20-22-24-39-25-27-41(28-26-39)42-33-35-44(36-34-42)48-45(46)43-31-29-40(30-32-43)38(3)47-37-23-21-19-17-15-13-11-9-7-5-2/h25-36,38H,4-24,37H2,1-3H3. The van der Waals surface area contributed by atoms with Crippen LogP contribution >= 0.6 is 0 Å². The minimum atomic E-state index is -0.343. The van der Waals surface area contributed by atoms with Gasteiger partial charge in [0.15, 0.2) is 0 Å². The van der Waals surface area contributed by atoms with Gasteiger partial charge in [-0.05, 0) is 72.7 Å². The van der Waals surface area contributed by atoms with E-state index in [0.717, 1.165) is 30.6 Å². The third kappa shape index (κ3) is 16.5. The van der Waals surface area contributed by atoms with E-state index in [9.17, 15) is 4.79 Å². The zero-order valence-electron chi connectivity index (χ0n) is 30.8. The lowest BCUT2D eigenvalue weighted by atomic mass is 10.0. The minimum Gasteiger partial charge on any atom is -0.423 e. The van der Waals surface area contributed by atoms with Crippen molar-refractivity contribution in [3.05, 3.63) is 89.5 Å². The highest BCUT2D eigenvalue weighted by atomic mass is 16.5. The van der Waals surface area contributed by atoms with Crippen LogP contribution in [-0.2, 0) is 11.2 Å². The third-order valence-corrected chi connectivity index (χ3v) is 9.65. The Labute approximate surface area is 294 Å². The Hall–Kier alpha value is -2.91. The Bertz CT molecular complexity index is 1210. The second-order valence-corrected chi connectivity index (χ2v) is 13.9. The molecule has 0 saturated carbocycles. The normalized spacial score (nSPS) is 11.9. The van der Waals surface area contributed by atoms with Gasteiger partial charge in [-0.15, -0.1) is 0 Å². The maximum Gasteiger partial charge on any atom is 0.343 e. The van der Waals surface area contributed by atoms with Gasteiger partial charge in [-0.25, -0.2) is 4.79 Å². The molecule has 0 fully saturated rings. The number of esters is 1. The smallest absolute Gasteiger partial charge is 0.343 e. The number of carbonyl (C=O) groups is 1. The van der Waals surface area contributed by atoms with Gasteiger partial charge in [0, 0.05) is 6.61 Å². The van der Waals surface area contributed by atoms with Crippen molar-refractivity contribution in [3.8, 4) is 16.9 Å². The van der Waals surface area contributed by atoms with Crippen molar-refractivity contribution in [2.45, 2.75) is 162 Å². The number of carbonyl (C=O) groups excluding carboxylic acids is 1. The first kappa shape index (κ1) is 39.5. The molecular formula is C45H66O3. The number of aryl methyl sites for hydroxylation is 1. The summed E-state index contributed by atoms with van der Waals surface area (Å²) >= 11 is 0. The van der Waals surface area contributed by atoms with Crippen LogP contribution in [0.25, 0.3) is 11.1 Å². The van der Waals surface area contributed by atoms with Gasteiger partial charge < -0.3 is 9.47 Å². The van der Waals surface area contributed by atoms with Crippen molar-refractivity contribution in [2.75, 3.05) is 6.61 Å². The fourth-order valence-electron chi connectivity index (χ4n) is 6.40. The topological polar surface area (TPSA) is 35.5 Å². The highest BCUT2D eigenvalue weighted by Crippen LogP contribution is 2.25. The molecule has 3 aromatic rings. The van der Waals surface area contributed by atoms with E-state index >= 15 is 0 Å². The maximum atomic E-state index is 12.8. The minimum absolute atomic E-state index is 0.00922. The molecule has 264 valence electrons. The molecule has 0 radical (unpaired) electrons. The second kappa shape index (κ2) is 25.1. The molecule has 0 aliphatic heterocycles. The molecule has 3 rings (SSSR count). The Morgan fingerprint density at radius 1 is 0.521 bits per heavy atom. The van der Waals surface area contributed by atoms with E-state index in [1.807, 2.05) is 48.5 Å². The van der Waals surface area contributed by atoms with Gasteiger partial charge in [0.2, 0.25) is 0 Å². The maximum absolute atomic E-state index is 12.8. The first-order chi connectivity index (χ1) is 23.6. The average molecular weight is 655 g/mol. The molecule has 0 N–H and O–H groups in total. The summed E-state index contributed by atoms with van der Waals surface area (Å²) in [4.78, 5) is 12.8. The zero-order valence-corrected chi connectivity index (χ0v) is 30.8. The molecule has 0 aliphatic carbocycles. The van der Waals surface area contributed by atoms with Crippen molar-refractivity contribution < 1.29 is 14.3 Å². The van der Waals surface area contributed by atoms with Crippen molar-refractivity contribution in [1.82, 2.24) is 0 Å². The van der Waals surface area contributed by atoms with Gasteiger partial charge in [0.1, 0.15) is 5.75 Å². The highest BCUT2D eigenvalue weighted by molar-refractivity contribution is 5.91. The van der Waals surface area contributed by atoms with Gasteiger partial charge in [-0.3, -0.25) is 0 Å². The number of rotatable bonds is 27. The van der Waals surface area contributed by atoms with E-state index in [1.54, 1.807) is 0 Å². The van der Waals surface area contributed by atoms with Crippen LogP contribution in [0.3, 0.4) is 0 Å². The fraction of sp³-hybridized carbons (Fsp3) is 0.578. The summed E-state index contributed by atoms with van der Waals surface area (Å²) in [5.41, 5.74) is 5.33. The van der Waals surface area contributed by atoms with Crippen molar-refractivity contribution in [1.29, 1.82) is 0 Å². The monoisotopic (exact) mass is 655 g/mol. The van der Waals surface area contributed by atoms with Crippen LogP contribution in [0.4, 0.5) is 0 Å². The predicted octanol–water partition coefficient (Wildman–Crippen LogP) is 14.0. The summed E-state index contributed by atoms with van der Waals surface area (Å²) in [7, 11) is 0. The van der Waals surface area contributed by atoms with E-state index in [2.05, 4.69) is 45.0 Å². The van der Waals surface area contributed by atoms with Crippen LogP contribution in [0.1, 0.15) is 177 Å². The Morgan fingerprint density at radius 3 is 1.46 bits per heavy atom. The van der Waals surface area contributed by atoms with Crippen molar-refractivity contribution >= 4 is 5.97 Å². The van der Waals surface area contributed by atoms with Crippen LogP contribution in [0.2, 0.25) is 0 Å². The largest absolute Gasteiger partial charge is 0.423 e. The fourth-order valence-corrected chi connectivity index (χ4v) is 6.40. The summed E-state index contributed by atoms with van der Waals surface area (Å²) in [6, 6.07) is 24.3. The highest BCUT2D eigenvalue weighted by Gasteiger charge is 2.12. The molecule has 0 heterocycles. The quantitative estimate of drug-likeness (QED) is 0.0466. The molecule has 1 atom stereocenters. The van der Waals surface area contributed by atoms with E-state index in [4.69, 9.17) is 9.47 Å². The Morgan fingerprint density at radius 2 is 0.958 bits per heavy atom. The van der Waals surface area contributed by atoms with Crippen molar-refractivity contribution in [3.63, 3.8) is 0 Å². The predicted molar refractivity (Wildman–Crippen MR) is 205 cm³/mol. The first-order valence-corrected chi connectivity index (χ1v) is 19.7. The van der Waals surface area contributed by atoms with E-state index in [0.29, 0.717) is 11.3 Å². The van der Waals surface area contributed by atoms with E-state index < -0.39 is 0 Å². The van der Waals surface area contributed by atoms with Crippen molar-refractivity contribution in [2.24, 2.45) is 0 Å². The third-order valence-electron chi connectivity index (χ3n) is 9.65. The number of ether oxygens (including phenoxy) is 2. The SMILES string of the molecule is CCCCCCCCCCCCOC(C)c1ccc(C(=O)Oc2ccc(-c3ccc(CCCCCCCCCCCC)cc3)cc2)cc1. The number of hydrogen-bond donors (Lipinski definition) is 0. The van der Waals surface area contributed by atoms with Gasteiger partial charge in [0.25, 0.3) is 0 Å². The molecule has 0 saturated heterocycles. The van der Waals surface area contributed by atoms with E-state index in [1.165, 1.54) is 133 Å². The number of hydrogen-bond acceptors (Lipinski definition) is 3. The van der Waals surface area contributed by atoms with Crippen LogP contribution in [-0.4, -0.2) is 12.6 Å². The van der Waals surface area contributed by atoms with Crippen LogP contribution in [0.15, 0.2) is 72.8 Å². The summed E-state index contributed by atoms with van der Waals surface area (Å²) in [5, 5.41) is 0. The lowest BCUT2D eigenvalue weighted by Crippen LogP contribution is -2.09. The van der Waals surface area contributed by atoms with E-state index in [-0.39, 0.29) is 12.1 Å². The molecule has 3 heteroatoms. The van der Waals surface area contributed by atoms with Gasteiger partial charge >= 0.3 is 5.97 Å². The number of unbranched alkanes of at least 4 members (excludes halogenated alkanes) is 18. The van der Waals surface area contributed by atoms with Crippen LogP contribution in [0, 0.1) is 0 Å². The molecular weight excluding hydrogens is 588 g/mol. The molecule has 48 heavy (non-hydrogen) atoms. The molecule has 0 aromatic heterocycles. The molecule has 1 unspecified atom stereocenters. The Kier molecular flexibility index (Phi) is 20.7. The Balaban J connectivity index is 1.30. The number of benzene rings is 3. The second-order valence-electron chi connectivity index (χ2n) is 13.9.